The van der Waals surface area contributed by atoms with Crippen LogP contribution in [0.4, 0.5) is 0 Å². The molecule has 1 aromatic rings. The van der Waals surface area contributed by atoms with Crippen LogP contribution < -0.4 is 4.72 Å². The Balaban J connectivity index is 1.61. The molecule has 1 N–H and O–H groups in total. The SMILES string of the molecule is C[C@H](C(=O)N1CCc2sccc2C1)N1CCC[C@H](NS(C)(=O)=O)C1. The first kappa shape index (κ1) is 17.8. The Morgan fingerprint density at radius 2 is 2.21 bits per heavy atom. The molecule has 2 aliphatic heterocycles. The summed E-state index contributed by atoms with van der Waals surface area (Å²) in [7, 11) is -3.21. The van der Waals surface area contributed by atoms with Crippen molar-refractivity contribution in [2.45, 2.75) is 44.8 Å². The van der Waals surface area contributed by atoms with Crippen LogP contribution in [-0.4, -0.2) is 62.1 Å². The van der Waals surface area contributed by atoms with Crippen molar-refractivity contribution >= 4 is 27.3 Å². The van der Waals surface area contributed by atoms with Gasteiger partial charge < -0.3 is 4.90 Å². The minimum Gasteiger partial charge on any atom is -0.337 e. The second kappa shape index (κ2) is 7.11. The van der Waals surface area contributed by atoms with Gasteiger partial charge in [-0.05, 0) is 49.7 Å². The third kappa shape index (κ3) is 4.17. The normalized spacial score (nSPS) is 23.8. The number of carbonyl (C=O) groups is 1. The maximum absolute atomic E-state index is 12.9. The summed E-state index contributed by atoms with van der Waals surface area (Å²) in [5.74, 6) is 0.145. The molecule has 2 atom stereocenters. The molecular formula is C16H25N3O3S2. The van der Waals surface area contributed by atoms with Crippen molar-refractivity contribution in [1.29, 1.82) is 0 Å². The zero-order valence-electron chi connectivity index (χ0n) is 14.2. The molecule has 1 aromatic heterocycles. The van der Waals surface area contributed by atoms with Gasteiger partial charge in [0.05, 0.1) is 12.3 Å². The lowest BCUT2D eigenvalue weighted by Gasteiger charge is -2.38. The van der Waals surface area contributed by atoms with Crippen molar-refractivity contribution in [3.8, 4) is 0 Å². The van der Waals surface area contributed by atoms with Crippen molar-refractivity contribution in [3.63, 3.8) is 0 Å². The number of piperidine rings is 1. The van der Waals surface area contributed by atoms with E-state index in [4.69, 9.17) is 0 Å². The van der Waals surface area contributed by atoms with Crippen molar-refractivity contribution in [1.82, 2.24) is 14.5 Å². The summed E-state index contributed by atoms with van der Waals surface area (Å²) in [5, 5.41) is 2.09. The van der Waals surface area contributed by atoms with Crippen LogP contribution in [0.25, 0.3) is 0 Å². The Morgan fingerprint density at radius 3 is 2.96 bits per heavy atom. The van der Waals surface area contributed by atoms with E-state index in [1.165, 1.54) is 16.7 Å². The molecule has 3 rings (SSSR count). The van der Waals surface area contributed by atoms with E-state index in [0.717, 1.165) is 32.4 Å². The number of amides is 1. The number of hydrogen-bond donors (Lipinski definition) is 1. The topological polar surface area (TPSA) is 69.7 Å². The van der Waals surface area contributed by atoms with Crippen LogP contribution in [0.5, 0.6) is 0 Å². The van der Waals surface area contributed by atoms with Gasteiger partial charge in [0.15, 0.2) is 0 Å². The highest BCUT2D eigenvalue weighted by atomic mass is 32.2. The molecular weight excluding hydrogens is 346 g/mol. The van der Waals surface area contributed by atoms with Gasteiger partial charge in [-0.3, -0.25) is 9.69 Å². The average Bonchev–Trinajstić information content (AvgIpc) is 2.99. The lowest BCUT2D eigenvalue weighted by molar-refractivity contribution is -0.137. The summed E-state index contributed by atoms with van der Waals surface area (Å²) >= 11 is 1.77. The molecule has 0 bridgehead atoms. The second-order valence-corrected chi connectivity index (χ2v) is 9.56. The minimum atomic E-state index is -3.21. The molecule has 6 nitrogen and oxygen atoms in total. The van der Waals surface area contributed by atoms with Gasteiger partial charge in [-0.2, -0.15) is 0 Å². The summed E-state index contributed by atoms with van der Waals surface area (Å²) in [6, 6.07) is 1.79. The van der Waals surface area contributed by atoms with E-state index in [1.807, 2.05) is 11.8 Å². The smallest absolute Gasteiger partial charge is 0.239 e. The highest BCUT2D eigenvalue weighted by Crippen LogP contribution is 2.25. The molecule has 1 saturated heterocycles. The lowest BCUT2D eigenvalue weighted by atomic mass is 10.0. The Hall–Kier alpha value is -0.960. The highest BCUT2D eigenvalue weighted by Gasteiger charge is 2.32. The van der Waals surface area contributed by atoms with Gasteiger partial charge in [-0.15, -0.1) is 11.3 Å². The molecule has 0 radical (unpaired) electrons. The Morgan fingerprint density at radius 1 is 1.42 bits per heavy atom. The predicted molar refractivity (Wildman–Crippen MR) is 95.5 cm³/mol. The van der Waals surface area contributed by atoms with E-state index in [1.54, 1.807) is 11.3 Å². The van der Waals surface area contributed by atoms with E-state index in [0.29, 0.717) is 13.1 Å². The Labute approximate surface area is 147 Å². The molecule has 3 heterocycles. The number of rotatable bonds is 4. The van der Waals surface area contributed by atoms with Gasteiger partial charge in [-0.1, -0.05) is 0 Å². The number of carbonyl (C=O) groups excluding carboxylic acids is 1. The van der Waals surface area contributed by atoms with Crippen molar-refractivity contribution in [2.24, 2.45) is 0 Å². The van der Waals surface area contributed by atoms with Crippen LogP contribution in [0.2, 0.25) is 0 Å². The first-order valence-electron chi connectivity index (χ1n) is 8.39. The fourth-order valence-corrected chi connectivity index (χ4v) is 5.30. The second-order valence-electron chi connectivity index (χ2n) is 6.78. The minimum absolute atomic E-state index is 0.103. The number of nitrogens with one attached hydrogen (secondary N) is 1. The van der Waals surface area contributed by atoms with Crippen LogP contribution in [0.3, 0.4) is 0 Å². The highest BCUT2D eigenvalue weighted by molar-refractivity contribution is 7.88. The number of hydrogen-bond acceptors (Lipinski definition) is 5. The molecule has 0 aromatic carbocycles. The maximum Gasteiger partial charge on any atom is 0.239 e. The molecule has 8 heteroatoms. The third-order valence-corrected chi connectivity index (χ3v) is 6.64. The van der Waals surface area contributed by atoms with Crippen molar-refractivity contribution in [3.05, 3.63) is 21.9 Å². The molecule has 1 amide bonds. The zero-order valence-corrected chi connectivity index (χ0v) is 15.8. The van der Waals surface area contributed by atoms with Crippen molar-refractivity contribution < 1.29 is 13.2 Å². The van der Waals surface area contributed by atoms with Gasteiger partial charge >= 0.3 is 0 Å². The number of sulfonamides is 1. The van der Waals surface area contributed by atoms with Crippen molar-refractivity contribution in [2.75, 3.05) is 25.9 Å². The number of nitrogens with zero attached hydrogens (tertiary/aromatic N) is 2. The summed E-state index contributed by atoms with van der Waals surface area (Å²) in [6.45, 7) is 4.84. The molecule has 0 aliphatic carbocycles. The Kier molecular flexibility index (Phi) is 5.29. The molecule has 0 unspecified atom stereocenters. The first-order chi connectivity index (χ1) is 11.3. The van der Waals surface area contributed by atoms with E-state index in [9.17, 15) is 13.2 Å². The van der Waals surface area contributed by atoms with E-state index < -0.39 is 10.0 Å². The standard InChI is InChI=1S/C16H25N3O3S2/c1-12(18-7-3-4-14(11-18)17-24(2,21)22)16(20)19-8-5-15-13(10-19)6-9-23-15/h6,9,12,14,17H,3-5,7-8,10-11H2,1-2H3/t12-,14+/m1/s1. The van der Waals surface area contributed by atoms with Gasteiger partial charge in [-0.25, -0.2) is 13.1 Å². The molecule has 1 fully saturated rings. The van der Waals surface area contributed by atoms with Crippen LogP contribution in [0.15, 0.2) is 11.4 Å². The van der Waals surface area contributed by atoms with Gasteiger partial charge in [0, 0.05) is 30.6 Å². The monoisotopic (exact) mass is 371 g/mol. The fourth-order valence-electron chi connectivity index (χ4n) is 3.61. The van der Waals surface area contributed by atoms with E-state index in [2.05, 4.69) is 21.1 Å². The lowest BCUT2D eigenvalue weighted by Crippen LogP contribution is -2.55. The molecule has 2 aliphatic rings. The number of fused-ring (bicyclic) bond motifs is 1. The van der Waals surface area contributed by atoms with Crippen LogP contribution in [-0.2, 0) is 27.8 Å². The summed E-state index contributed by atoms with van der Waals surface area (Å²) in [6.07, 6.45) is 3.85. The molecule has 0 saturated carbocycles. The Bertz CT molecular complexity index is 701. The number of thiophene rings is 1. The maximum atomic E-state index is 12.9. The van der Waals surface area contributed by atoms with E-state index >= 15 is 0 Å². The number of likely N-dealkylation sites (tertiary alicyclic amines) is 1. The van der Waals surface area contributed by atoms with Crippen LogP contribution in [0, 0.1) is 0 Å². The fraction of sp³-hybridized carbons (Fsp3) is 0.688. The largest absolute Gasteiger partial charge is 0.337 e. The zero-order chi connectivity index (χ0) is 17.3. The summed E-state index contributed by atoms with van der Waals surface area (Å²) in [5.41, 5.74) is 1.27. The average molecular weight is 372 g/mol. The molecule has 134 valence electrons. The van der Waals surface area contributed by atoms with Gasteiger partial charge in [0.1, 0.15) is 0 Å². The first-order valence-corrected chi connectivity index (χ1v) is 11.2. The third-order valence-electron chi connectivity index (χ3n) is 4.86. The predicted octanol–water partition coefficient (Wildman–Crippen LogP) is 1.03. The summed E-state index contributed by atoms with van der Waals surface area (Å²) < 4.78 is 25.6. The molecule has 24 heavy (non-hydrogen) atoms. The van der Waals surface area contributed by atoms with Gasteiger partial charge in [0.25, 0.3) is 0 Å². The summed E-state index contributed by atoms with van der Waals surface area (Å²) in [4.78, 5) is 18.3. The van der Waals surface area contributed by atoms with Crippen LogP contribution >= 0.6 is 11.3 Å². The van der Waals surface area contributed by atoms with E-state index in [-0.39, 0.29) is 18.0 Å². The molecule has 0 spiro atoms. The quantitative estimate of drug-likeness (QED) is 0.858. The van der Waals surface area contributed by atoms with Crippen LogP contribution in [0.1, 0.15) is 30.2 Å². The van der Waals surface area contributed by atoms with Gasteiger partial charge in [0.2, 0.25) is 15.9 Å².